The molecule has 0 aromatic heterocycles. The van der Waals surface area contributed by atoms with E-state index in [1.807, 2.05) is 18.3 Å². The molecule has 0 N–H and O–H groups in total. The summed E-state index contributed by atoms with van der Waals surface area (Å²) < 4.78 is 5.87. The SMILES string of the molecule is CC(C)N=Cc1ccc2c(c1)C=CC(C)(C)O2. The molecular formula is C15H19NO. The average molecular weight is 229 g/mol. The summed E-state index contributed by atoms with van der Waals surface area (Å²) >= 11 is 0. The minimum absolute atomic E-state index is 0.208. The van der Waals surface area contributed by atoms with E-state index in [0.717, 1.165) is 16.9 Å². The number of ether oxygens (including phenoxy) is 1. The third-order valence-corrected chi connectivity index (χ3v) is 2.59. The van der Waals surface area contributed by atoms with Crippen molar-refractivity contribution in [2.75, 3.05) is 0 Å². The van der Waals surface area contributed by atoms with Crippen LogP contribution in [-0.4, -0.2) is 17.9 Å². The molecule has 0 saturated carbocycles. The van der Waals surface area contributed by atoms with Gasteiger partial charge in [0.2, 0.25) is 0 Å². The number of hydrogen-bond donors (Lipinski definition) is 0. The molecule has 2 nitrogen and oxygen atoms in total. The van der Waals surface area contributed by atoms with Gasteiger partial charge in [0.25, 0.3) is 0 Å². The highest BCUT2D eigenvalue weighted by molar-refractivity contribution is 5.82. The van der Waals surface area contributed by atoms with Gasteiger partial charge in [-0.15, -0.1) is 0 Å². The fourth-order valence-corrected chi connectivity index (χ4v) is 1.71. The fourth-order valence-electron chi connectivity index (χ4n) is 1.71. The zero-order chi connectivity index (χ0) is 12.5. The minimum Gasteiger partial charge on any atom is -0.483 e. The fraction of sp³-hybridized carbons (Fsp3) is 0.400. The highest BCUT2D eigenvalue weighted by atomic mass is 16.5. The van der Waals surface area contributed by atoms with E-state index in [-0.39, 0.29) is 5.60 Å². The maximum atomic E-state index is 5.87. The molecule has 0 aliphatic carbocycles. The second-order valence-electron chi connectivity index (χ2n) is 5.21. The summed E-state index contributed by atoms with van der Waals surface area (Å²) in [4.78, 5) is 4.38. The molecule has 17 heavy (non-hydrogen) atoms. The molecule has 2 heteroatoms. The van der Waals surface area contributed by atoms with Gasteiger partial charge in [-0.05, 0) is 57.5 Å². The van der Waals surface area contributed by atoms with Gasteiger partial charge >= 0.3 is 0 Å². The number of aliphatic imine (C=N–C) groups is 1. The van der Waals surface area contributed by atoms with Gasteiger partial charge in [-0.25, -0.2) is 0 Å². The summed E-state index contributed by atoms with van der Waals surface area (Å²) in [5, 5.41) is 0. The summed E-state index contributed by atoms with van der Waals surface area (Å²) in [6.07, 6.45) is 6.11. The Morgan fingerprint density at radius 2 is 2.06 bits per heavy atom. The zero-order valence-electron chi connectivity index (χ0n) is 10.9. The van der Waals surface area contributed by atoms with Crippen LogP contribution < -0.4 is 4.74 Å². The van der Waals surface area contributed by atoms with Gasteiger partial charge in [0.15, 0.2) is 0 Å². The molecule has 1 aliphatic rings. The summed E-state index contributed by atoms with van der Waals surface area (Å²) in [6.45, 7) is 8.25. The topological polar surface area (TPSA) is 21.6 Å². The first-order valence-electron chi connectivity index (χ1n) is 6.02. The van der Waals surface area contributed by atoms with Crippen molar-refractivity contribution in [3.05, 3.63) is 35.4 Å². The molecule has 1 aromatic rings. The molecule has 90 valence electrons. The largest absolute Gasteiger partial charge is 0.483 e. The number of benzene rings is 1. The standard InChI is InChI=1S/C15H19NO/c1-11(2)16-10-12-5-6-14-13(9-12)7-8-15(3,4)17-14/h5-11H,1-4H3. The van der Waals surface area contributed by atoms with Gasteiger partial charge in [0.05, 0.1) is 0 Å². The third-order valence-electron chi connectivity index (χ3n) is 2.59. The van der Waals surface area contributed by atoms with E-state index in [4.69, 9.17) is 4.74 Å². The van der Waals surface area contributed by atoms with Crippen molar-refractivity contribution in [3.8, 4) is 5.75 Å². The van der Waals surface area contributed by atoms with E-state index in [0.29, 0.717) is 6.04 Å². The Kier molecular flexibility index (Phi) is 3.05. The Balaban J connectivity index is 2.27. The highest BCUT2D eigenvalue weighted by Crippen LogP contribution is 2.30. The van der Waals surface area contributed by atoms with Crippen molar-refractivity contribution >= 4 is 12.3 Å². The first kappa shape index (κ1) is 11.9. The Morgan fingerprint density at radius 3 is 2.76 bits per heavy atom. The van der Waals surface area contributed by atoms with E-state index < -0.39 is 0 Å². The Hall–Kier alpha value is -1.57. The van der Waals surface area contributed by atoms with Crippen LogP contribution in [0, 0.1) is 0 Å². The summed E-state index contributed by atoms with van der Waals surface area (Å²) in [5.41, 5.74) is 2.03. The zero-order valence-corrected chi connectivity index (χ0v) is 10.9. The molecule has 1 aromatic carbocycles. The number of hydrogen-bond acceptors (Lipinski definition) is 2. The van der Waals surface area contributed by atoms with Crippen molar-refractivity contribution < 1.29 is 4.74 Å². The lowest BCUT2D eigenvalue weighted by Crippen LogP contribution is -2.27. The number of fused-ring (bicyclic) bond motifs is 1. The van der Waals surface area contributed by atoms with E-state index in [1.54, 1.807) is 0 Å². The molecule has 0 unspecified atom stereocenters. The van der Waals surface area contributed by atoms with Gasteiger partial charge in [0.1, 0.15) is 11.4 Å². The third kappa shape index (κ3) is 2.96. The second kappa shape index (κ2) is 4.36. The van der Waals surface area contributed by atoms with Crippen LogP contribution in [0.3, 0.4) is 0 Å². The van der Waals surface area contributed by atoms with Gasteiger partial charge in [0, 0.05) is 17.8 Å². The molecule has 0 saturated heterocycles. The predicted molar refractivity (Wildman–Crippen MR) is 72.9 cm³/mol. The lowest BCUT2D eigenvalue weighted by atomic mass is 10.0. The van der Waals surface area contributed by atoms with E-state index in [9.17, 15) is 0 Å². The van der Waals surface area contributed by atoms with Gasteiger partial charge in [-0.2, -0.15) is 0 Å². The van der Waals surface area contributed by atoms with E-state index in [1.165, 1.54) is 0 Å². The molecule has 0 spiro atoms. The number of rotatable bonds is 2. The lowest BCUT2D eigenvalue weighted by Gasteiger charge is -2.27. The van der Waals surface area contributed by atoms with Gasteiger partial charge in [-0.3, -0.25) is 4.99 Å². The molecular weight excluding hydrogens is 210 g/mol. The maximum Gasteiger partial charge on any atom is 0.127 e. The van der Waals surface area contributed by atoms with Crippen LogP contribution >= 0.6 is 0 Å². The van der Waals surface area contributed by atoms with E-state index >= 15 is 0 Å². The highest BCUT2D eigenvalue weighted by Gasteiger charge is 2.21. The summed E-state index contributed by atoms with van der Waals surface area (Å²) in [5.74, 6) is 0.944. The van der Waals surface area contributed by atoms with Crippen LogP contribution in [0.15, 0.2) is 29.3 Å². The Labute approximate surface area is 103 Å². The van der Waals surface area contributed by atoms with Crippen LogP contribution in [0.2, 0.25) is 0 Å². The lowest BCUT2D eigenvalue weighted by molar-refractivity contribution is 0.159. The molecule has 1 heterocycles. The van der Waals surface area contributed by atoms with Gasteiger partial charge < -0.3 is 4.74 Å². The first-order valence-corrected chi connectivity index (χ1v) is 6.02. The Bertz CT molecular complexity index is 470. The van der Waals surface area contributed by atoms with Crippen molar-refractivity contribution in [2.24, 2.45) is 4.99 Å². The molecule has 1 aliphatic heterocycles. The number of nitrogens with zero attached hydrogens (tertiary/aromatic N) is 1. The smallest absolute Gasteiger partial charge is 0.127 e. The predicted octanol–water partition coefficient (Wildman–Crippen LogP) is 3.70. The first-order chi connectivity index (χ1) is 7.96. The molecule has 0 bridgehead atoms. The maximum absolute atomic E-state index is 5.87. The quantitative estimate of drug-likeness (QED) is 0.709. The summed E-state index contributed by atoms with van der Waals surface area (Å²) in [7, 11) is 0. The van der Waals surface area contributed by atoms with Crippen molar-refractivity contribution in [1.82, 2.24) is 0 Å². The average Bonchev–Trinajstić information content (AvgIpc) is 2.25. The van der Waals surface area contributed by atoms with Crippen molar-refractivity contribution in [3.63, 3.8) is 0 Å². The second-order valence-corrected chi connectivity index (χ2v) is 5.21. The molecule has 0 amide bonds. The van der Waals surface area contributed by atoms with Crippen LogP contribution in [0.5, 0.6) is 5.75 Å². The van der Waals surface area contributed by atoms with Crippen LogP contribution in [0.1, 0.15) is 38.8 Å². The monoisotopic (exact) mass is 229 g/mol. The van der Waals surface area contributed by atoms with Crippen LogP contribution in [-0.2, 0) is 0 Å². The molecule has 0 radical (unpaired) electrons. The van der Waals surface area contributed by atoms with Gasteiger partial charge in [-0.1, -0.05) is 6.08 Å². The molecule has 0 atom stereocenters. The summed E-state index contributed by atoms with van der Waals surface area (Å²) in [6, 6.07) is 6.49. The minimum atomic E-state index is -0.208. The van der Waals surface area contributed by atoms with Crippen LogP contribution in [0.25, 0.3) is 6.08 Å². The van der Waals surface area contributed by atoms with E-state index in [2.05, 4.69) is 50.9 Å². The van der Waals surface area contributed by atoms with Crippen molar-refractivity contribution in [1.29, 1.82) is 0 Å². The molecule has 0 fully saturated rings. The molecule has 2 rings (SSSR count). The van der Waals surface area contributed by atoms with Crippen LogP contribution in [0.4, 0.5) is 0 Å². The Morgan fingerprint density at radius 1 is 1.29 bits per heavy atom. The van der Waals surface area contributed by atoms with Crippen molar-refractivity contribution in [2.45, 2.75) is 39.3 Å². The normalized spacial score (nSPS) is 17.2.